The molecule has 29 heavy (non-hydrogen) atoms. The molecule has 2 aromatic heterocycles. The van der Waals surface area contributed by atoms with Crippen molar-refractivity contribution >= 4 is 24.0 Å². The highest BCUT2D eigenvalue weighted by Crippen LogP contribution is 2.25. The molecule has 3 heterocycles. The highest BCUT2D eigenvalue weighted by molar-refractivity contribution is 6.03. The summed E-state index contributed by atoms with van der Waals surface area (Å²) in [6.07, 6.45) is 4.77. The standard InChI is InChI=1S/C20H24N6O2.ClH/c1-3-18-23-20(28-25-18)14-7-6-13(2)17(11-14)22-19(27)16-8-10-26(24-16)15-5-4-9-21-12-15;/h6-8,10-11,15,21H,3-5,9,12H2,1-2H3,(H,22,27);1H. The highest BCUT2D eigenvalue weighted by atomic mass is 35.5. The fourth-order valence-electron chi connectivity index (χ4n) is 3.31. The first-order chi connectivity index (χ1) is 13.6. The number of aromatic nitrogens is 4. The quantitative estimate of drug-likeness (QED) is 0.661. The molecule has 0 aliphatic carbocycles. The zero-order valence-electron chi connectivity index (χ0n) is 16.5. The van der Waals surface area contributed by atoms with Crippen LogP contribution < -0.4 is 10.6 Å². The summed E-state index contributed by atoms with van der Waals surface area (Å²) in [5, 5.41) is 14.7. The van der Waals surface area contributed by atoms with Crippen molar-refractivity contribution in [3.8, 4) is 11.5 Å². The molecule has 8 nitrogen and oxygen atoms in total. The lowest BCUT2D eigenvalue weighted by Gasteiger charge is -2.22. The summed E-state index contributed by atoms with van der Waals surface area (Å²) < 4.78 is 7.19. The van der Waals surface area contributed by atoms with Crippen molar-refractivity contribution in [2.45, 2.75) is 39.2 Å². The van der Waals surface area contributed by atoms with Gasteiger partial charge in [0.15, 0.2) is 11.5 Å². The van der Waals surface area contributed by atoms with Crippen molar-refractivity contribution < 1.29 is 9.32 Å². The Balaban J connectivity index is 0.00000240. The van der Waals surface area contributed by atoms with Crippen molar-refractivity contribution in [3.05, 3.63) is 47.5 Å². The second-order valence-corrected chi connectivity index (χ2v) is 7.03. The number of hydrogen-bond acceptors (Lipinski definition) is 6. The predicted octanol–water partition coefficient (Wildman–Crippen LogP) is 3.40. The van der Waals surface area contributed by atoms with Gasteiger partial charge in [-0.05, 0) is 50.1 Å². The van der Waals surface area contributed by atoms with Crippen molar-refractivity contribution in [1.29, 1.82) is 0 Å². The lowest BCUT2D eigenvalue weighted by atomic mass is 10.1. The smallest absolute Gasteiger partial charge is 0.276 e. The second kappa shape index (κ2) is 9.19. The minimum atomic E-state index is -0.234. The van der Waals surface area contributed by atoms with Crippen LogP contribution in [0.2, 0.25) is 0 Å². The van der Waals surface area contributed by atoms with E-state index in [1.165, 1.54) is 0 Å². The average Bonchev–Trinajstić information content (AvgIpc) is 3.40. The number of nitrogens with zero attached hydrogens (tertiary/aromatic N) is 4. The Hall–Kier alpha value is -2.71. The van der Waals surface area contributed by atoms with Gasteiger partial charge in [-0.3, -0.25) is 9.48 Å². The van der Waals surface area contributed by atoms with E-state index in [0.29, 0.717) is 35.6 Å². The Morgan fingerprint density at radius 3 is 2.97 bits per heavy atom. The SMILES string of the molecule is CCc1noc(-c2ccc(C)c(NC(=O)c3ccn(C4CCCNC4)n3)c2)n1.Cl. The van der Waals surface area contributed by atoms with Gasteiger partial charge in [-0.2, -0.15) is 10.1 Å². The van der Waals surface area contributed by atoms with E-state index >= 15 is 0 Å². The molecular weight excluding hydrogens is 392 g/mol. The summed E-state index contributed by atoms with van der Waals surface area (Å²) in [5.74, 6) is 0.868. The molecule has 3 aromatic rings. The van der Waals surface area contributed by atoms with Gasteiger partial charge in [-0.1, -0.05) is 18.1 Å². The van der Waals surface area contributed by atoms with Gasteiger partial charge in [0.05, 0.1) is 6.04 Å². The molecule has 9 heteroatoms. The van der Waals surface area contributed by atoms with E-state index in [2.05, 4.69) is 25.9 Å². The third kappa shape index (κ3) is 4.65. The lowest BCUT2D eigenvalue weighted by molar-refractivity contribution is 0.102. The molecule has 1 aliphatic rings. The minimum Gasteiger partial charge on any atom is -0.334 e. The molecule has 0 bridgehead atoms. The van der Waals surface area contributed by atoms with Crippen LogP contribution in [0.4, 0.5) is 5.69 Å². The Labute approximate surface area is 175 Å². The van der Waals surface area contributed by atoms with E-state index in [4.69, 9.17) is 4.52 Å². The molecule has 0 spiro atoms. The number of nitrogens with one attached hydrogen (secondary N) is 2. The topological polar surface area (TPSA) is 97.9 Å². The first-order valence-electron chi connectivity index (χ1n) is 9.65. The fourth-order valence-corrected chi connectivity index (χ4v) is 3.31. The summed E-state index contributed by atoms with van der Waals surface area (Å²) in [7, 11) is 0. The van der Waals surface area contributed by atoms with Gasteiger partial charge in [-0.25, -0.2) is 0 Å². The third-order valence-corrected chi connectivity index (χ3v) is 5.00. The van der Waals surface area contributed by atoms with Crippen LogP contribution in [0.3, 0.4) is 0 Å². The number of halogens is 1. The van der Waals surface area contributed by atoms with Crippen LogP contribution in [0.1, 0.15) is 47.7 Å². The number of amides is 1. The van der Waals surface area contributed by atoms with Crippen molar-refractivity contribution in [1.82, 2.24) is 25.2 Å². The van der Waals surface area contributed by atoms with Crippen LogP contribution in [-0.4, -0.2) is 38.9 Å². The number of carbonyl (C=O) groups excluding carboxylic acids is 1. The van der Waals surface area contributed by atoms with Crippen LogP contribution in [0.5, 0.6) is 0 Å². The molecule has 1 atom stereocenters. The number of hydrogen-bond donors (Lipinski definition) is 2. The molecular formula is C20H25ClN6O2. The van der Waals surface area contributed by atoms with E-state index < -0.39 is 0 Å². The largest absolute Gasteiger partial charge is 0.334 e. The minimum absolute atomic E-state index is 0. The zero-order chi connectivity index (χ0) is 19.5. The lowest BCUT2D eigenvalue weighted by Crippen LogP contribution is -2.32. The van der Waals surface area contributed by atoms with Crippen LogP contribution in [0, 0.1) is 6.92 Å². The molecule has 1 amide bonds. The summed E-state index contributed by atoms with van der Waals surface area (Å²) in [6, 6.07) is 7.73. The van der Waals surface area contributed by atoms with Crippen molar-refractivity contribution in [2.24, 2.45) is 0 Å². The molecule has 1 aromatic carbocycles. The van der Waals surface area contributed by atoms with E-state index in [1.54, 1.807) is 6.07 Å². The molecule has 4 rings (SSSR count). The number of anilines is 1. The highest BCUT2D eigenvalue weighted by Gasteiger charge is 2.18. The molecule has 1 fully saturated rings. The number of carbonyl (C=O) groups is 1. The Bertz CT molecular complexity index is 977. The van der Waals surface area contributed by atoms with Crippen LogP contribution in [-0.2, 0) is 6.42 Å². The average molecular weight is 417 g/mol. The first-order valence-corrected chi connectivity index (χ1v) is 9.65. The molecule has 154 valence electrons. The number of aryl methyl sites for hydroxylation is 2. The maximum Gasteiger partial charge on any atom is 0.276 e. The second-order valence-electron chi connectivity index (χ2n) is 7.03. The number of piperidine rings is 1. The van der Waals surface area contributed by atoms with E-state index in [9.17, 15) is 4.79 Å². The zero-order valence-corrected chi connectivity index (χ0v) is 17.3. The maximum atomic E-state index is 12.7. The summed E-state index contributed by atoms with van der Waals surface area (Å²) >= 11 is 0. The van der Waals surface area contributed by atoms with Crippen molar-refractivity contribution in [3.63, 3.8) is 0 Å². The number of rotatable bonds is 5. The van der Waals surface area contributed by atoms with Crippen molar-refractivity contribution in [2.75, 3.05) is 18.4 Å². The monoisotopic (exact) mass is 416 g/mol. The van der Waals surface area contributed by atoms with Gasteiger partial charge in [-0.15, -0.1) is 12.4 Å². The summed E-state index contributed by atoms with van der Waals surface area (Å²) in [5.41, 5.74) is 2.82. The van der Waals surface area contributed by atoms with E-state index in [0.717, 1.165) is 37.1 Å². The molecule has 0 radical (unpaired) electrons. The molecule has 1 saturated heterocycles. The van der Waals surface area contributed by atoms with Gasteiger partial charge >= 0.3 is 0 Å². The third-order valence-electron chi connectivity index (χ3n) is 5.00. The van der Waals surface area contributed by atoms with E-state index in [1.807, 2.05) is 42.9 Å². The van der Waals surface area contributed by atoms with Gasteiger partial charge in [0.25, 0.3) is 11.8 Å². The molecule has 0 saturated carbocycles. The van der Waals surface area contributed by atoms with Crippen LogP contribution >= 0.6 is 12.4 Å². The predicted molar refractivity (Wildman–Crippen MR) is 112 cm³/mol. The van der Waals surface area contributed by atoms with Gasteiger partial charge in [0.1, 0.15) is 0 Å². The normalized spacial score (nSPS) is 16.3. The summed E-state index contributed by atoms with van der Waals surface area (Å²) in [4.78, 5) is 17.1. The maximum absolute atomic E-state index is 12.7. The van der Waals surface area contributed by atoms with Crippen LogP contribution in [0.15, 0.2) is 35.0 Å². The van der Waals surface area contributed by atoms with Gasteiger partial charge in [0, 0.05) is 30.4 Å². The Kier molecular flexibility index (Phi) is 6.66. The molecule has 1 aliphatic heterocycles. The first kappa shape index (κ1) is 21.0. The van der Waals surface area contributed by atoms with Crippen LogP contribution in [0.25, 0.3) is 11.5 Å². The Morgan fingerprint density at radius 1 is 1.38 bits per heavy atom. The van der Waals surface area contributed by atoms with Gasteiger partial charge in [0.2, 0.25) is 0 Å². The summed E-state index contributed by atoms with van der Waals surface area (Å²) in [6.45, 7) is 5.84. The molecule has 1 unspecified atom stereocenters. The number of benzene rings is 1. The fraction of sp³-hybridized carbons (Fsp3) is 0.400. The molecule has 2 N–H and O–H groups in total. The van der Waals surface area contributed by atoms with Gasteiger partial charge < -0.3 is 15.2 Å². The Morgan fingerprint density at radius 2 is 2.24 bits per heavy atom. The van der Waals surface area contributed by atoms with E-state index in [-0.39, 0.29) is 18.3 Å².